The van der Waals surface area contributed by atoms with E-state index in [1.165, 1.54) is 7.11 Å². The number of thiophene rings is 1. The first-order chi connectivity index (χ1) is 8.52. The number of amides is 1. The molecule has 18 heavy (non-hydrogen) atoms. The Morgan fingerprint density at radius 1 is 1.39 bits per heavy atom. The summed E-state index contributed by atoms with van der Waals surface area (Å²) < 4.78 is 9.50. The highest BCUT2D eigenvalue weighted by Gasteiger charge is 2.24. The van der Waals surface area contributed by atoms with E-state index in [0.717, 1.165) is 11.3 Å². The summed E-state index contributed by atoms with van der Waals surface area (Å²) in [7, 11) is 2.79. The number of primary amides is 1. The fourth-order valence-corrected chi connectivity index (χ4v) is 2.31. The smallest absolute Gasteiger partial charge is 0.343 e. The van der Waals surface area contributed by atoms with Crippen molar-refractivity contribution >= 4 is 33.9 Å². The Morgan fingerprint density at radius 2 is 2.06 bits per heavy atom. The van der Waals surface area contributed by atoms with Crippen LogP contribution in [0.25, 0.3) is 0 Å². The van der Waals surface area contributed by atoms with Crippen molar-refractivity contribution in [2.24, 2.45) is 5.73 Å². The monoisotopic (exact) mass is 273 g/mol. The van der Waals surface area contributed by atoms with E-state index >= 15 is 0 Å². The van der Waals surface area contributed by atoms with Crippen molar-refractivity contribution in [3.8, 4) is 0 Å². The van der Waals surface area contributed by atoms with Gasteiger partial charge in [0.2, 0.25) is 0 Å². The van der Waals surface area contributed by atoms with Gasteiger partial charge in [0.15, 0.2) is 0 Å². The average Bonchev–Trinajstić information content (AvgIpc) is 2.66. The van der Waals surface area contributed by atoms with Gasteiger partial charge in [0.25, 0.3) is 5.91 Å². The van der Waals surface area contributed by atoms with Gasteiger partial charge in [-0.3, -0.25) is 4.79 Å². The van der Waals surface area contributed by atoms with Crippen LogP contribution in [0.4, 0.5) is 10.7 Å². The lowest BCUT2D eigenvalue weighted by atomic mass is 10.2. The first-order valence-electron chi connectivity index (χ1n) is 5.06. The third-order valence-electron chi connectivity index (χ3n) is 2.15. The number of esters is 1. The molecule has 0 aromatic carbocycles. The van der Waals surface area contributed by atoms with Gasteiger partial charge in [-0.15, -0.1) is 11.3 Å². The zero-order chi connectivity index (χ0) is 13.7. The number of ether oxygens (including phenoxy) is 2. The van der Waals surface area contributed by atoms with E-state index in [1.807, 2.05) is 0 Å². The van der Waals surface area contributed by atoms with E-state index in [-0.39, 0.29) is 16.1 Å². The first-order valence-corrected chi connectivity index (χ1v) is 5.87. The van der Waals surface area contributed by atoms with Crippen LogP contribution in [0.1, 0.15) is 20.0 Å². The molecule has 1 amide bonds. The van der Waals surface area contributed by atoms with Crippen LogP contribution in [-0.2, 0) is 9.47 Å². The van der Waals surface area contributed by atoms with Crippen LogP contribution >= 0.6 is 11.3 Å². The molecular formula is C10H15N3O4S. The minimum Gasteiger partial charge on any atom is -0.465 e. The Labute approximate surface area is 108 Å². The zero-order valence-corrected chi connectivity index (χ0v) is 10.9. The van der Waals surface area contributed by atoms with E-state index < -0.39 is 11.9 Å². The number of nitrogens with one attached hydrogen (secondary N) is 1. The summed E-state index contributed by atoms with van der Waals surface area (Å²) in [6, 6.07) is 0. The second-order valence-electron chi connectivity index (χ2n) is 3.32. The number of hydrogen-bond donors (Lipinski definition) is 3. The molecule has 0 atom stereocenters. The molecule has 1 heterocycles. The van der Waals surface area contributed by atoms with E-state index in [9.17, 15) is 9.59 Å². The summed E-state index contributed by atoms with van der Waals surface area (Å²) in [5, 5.41) is 3.40. The second-order valence-corrected chi connectivity index (χ2v) is 4.35. The Kier molecular flexibility index (Phi) is 4.93. The Bertz CT molecular complexity index is 458. The molecule has 1 rings (SSSR count). The molecule has 0 unspecified atom stereocenters. The number of nitrogen functional groups attached to an aromatic ring is 1. The minimum atomic E-state index is -0.678. The van der Waals surface area contributed by atoms with Crippen molar-refractivity contribution in [1.29, 1.82) is 0 Å². The number of carbonyl (C=O) groups excluding carboxylic acids is 2. The molecule has 1 aromatic heterocycles. The van der Waals surface area contributed by atoms with Crippen molar-refractivity contribution in [2.75, 3.05) is 38.4 Å². The van der Waals surface area contributed by atoms with Gasteiger partial charge < -0.3 is 26.3 Å². The van der Waals surface area contributed by atoms with Gasteiger partial charge in [-0.2, -0.15) is 0 Å². The molecule has 100 valence electrons. The fraction of sp³-hybridized carbons (Fsp3) is 0.400. The highest BCUT2D eigenvalue weighted by molar-refractivity contribution is 7.19. The molecule has 0 fully saturated rings. The summed E-state index contributed by atoms with van der Waals surface area (Å²) in [5.41, 5.74) is 11.1. The van der Waals surface area contributed by atoms with Crippen molar-refractivity contribution in [3.05, 3.63) is 10.4 Å². The molecule has 1 aromatic rings. The molecule has 8 heteroatoms. The van der Waals surface area contributed by atoms with Gasteiger partial charge in [0, 0.05) is 13.7 Å². The molecule has 0 bridgehead atoms. The molecule has 0 radical (unpaired) electrons. The topological polar surface area (TPSA) is 117 Å². The molecule has 7 nitrogen and oxygen atoms in total. The Balaban J connectivity index is 3.09. The Morgan fingerprint density at radius 3 is 2.56 bits per heavy atom. The Hall–Kier alpha value is -1.80. The normalized spacial score (nSPS) is 10.1. The van der Waals surface area contributed by atoms with E-state index in [0.29, 0.717) is 18.2 Å². The van der Waals surface area contributed by atoms with Gasteiger partial charge in [0.1, 0.15) is 15.4 Å². The fourth-order valence-electron chi connectivity index (χ4n) is 1.32. The number of hydrogen-bond acceptors (Lipinski definition) is 7. The van der Waals surface area contributed by atoms with Crippen LogP contribution in [0.15, 0.2) is 0 Å². The van der Waals surface area contributed by atoms with E-state index in [2.05, 4.69) is 10.1 Å². The van der Waals surface area contributed by atoms with Crippen molar-refractivity contribution in [3.63, 3.8) is 0 Å². The lowest BCUT2D eigenvalue weighted by Crippen LogP contribution is -2.13. The maximum atomic E-state index is 11.6. The maximum absolute atomic E-state index is 11.6. The van der Waals surface area contributed by atoms with E-state index in [4.69, 9.17) is 16.2 Å². The lowest BCUT2D eigenvalue weighted by Gasteiger charge is -2.05. The highest BCUT2D eigenvalue weighted by atomic mass is 32.1. The van der Waals surface area contributed by atoms with E-state index in [1.54, 1.807) is 7.11 Å². The third kappa shape index (κ3) is 2.90. The van der Waals surface area contributed by atoms with Gasteiger partial charge in [0.05, 0.1) is 19.4 Å². The average molecular weight is 273 g/mol. The molecule has 0 aliphatic heterocycles. The van der Waals surface area contributed by atoms with Gasteiger partial charge in [-0.1, -0.05) is 0 Å². The predicted octanol–water partition coefficient (Wildman–Crippen LogP) is 0.274. The second kappa shape index (κ2) is 6.22. The van der Waals surface area contributed by atoms with Crippen LogP contribution in [0.5, 0.6) is 0 Å². The summed E-state index contributed by atoms with van der Waals surface area (Å²) in [5.74, 6) is -1.29. The molecule has 0 saturated heterocycles. The summed E-state index contributed by atoms with van der Waals surface area (Å²) in [4.78, 5) is 22.9. The molecule has 0 aliphatic rings. The SMILES string of the molecule is COCCNc1sc(C(N)=O)c(N)c1C(=O)OC. The summed E-state index contributed by atoms with van der Waals surface area (Å²) in [6.07, 6.45) is 0. The largest absolute Gasteiger partial charge is 0.465 e. The van der Waals surface area contributed by atoms with Crippen LogP contribution in [0.3, 0.4) is 0 Å². The number of rotatable bonds is 6. The van der Waals surface area contributed by atoms with Gasteiger partial charge >= 0.3 is 5.97 Å². The van der Waals surface area contributed by atoms with Crippen LogP contribution < -0.4 is 16.8 Å². The zero-order valence-electron chi connectivity index (χ0n) is 10.1. The quantitative estimate of drug-likeness (QED) is 0.506. The lowest BCUT2D eigenvalue weighted by molar-refractivity contribution is 0.0603. The molecule has 5 N–H and O–H groups in total. The number of nitrogens with two attached hydrogens (primary N) is 2. The predicted molar refractivity (Wildman–Crippen MR) is 69.0 cm³/mol. The maximum Gasteiger partial charge on any atom is 0.343 e. The molecule has 0 aliphatic carbocycles. The number of anilines is 2. The van der Waals surface area contributed by atoms with Crippen LogP contribution in [0, 0.1) is 0 Å². The summed E-state index contributed by atoms with van der Waals surface area (Å²) >= 11 is 1.02. The van der Waals surface area contributed by atoms with Crippen LogP contribution in [0.2, 0.25) is 0 Å². The highest BCUT2D eigenvalue weighted by Crippen LogP contribution is 2.35. The van der Waals surface area contributed by atoms with Crippen molar-refractivity contribution in [1.82, 2.24) is 0 Å². The number of carbonyl (C=O) groups is 2. The minimum absolute atomic E-state index is 0.0410. The number of methoxy groups -OCH3 is 2. The third-order valence-corrected chi connectivity index (χ3v) is 3.33. The molecule has 0 saturated carbocycles. The van der Waals surface area contributed by atoms with Crippen molar-refractivity contribution in [2.45, 2.75) is 0 Å². The standard InChI is InChI=1S/C10H15N3O4S/c1-16-4-3-13-9-5(10(15)17-2)6(11)7(18-9)8(12)14/h13H,3-4,11H2,1-2H3,(H2,12,14). The van der Waals surface area contributed by atoms with Gasteiger partial charge in [-0.05, 0) is 0 Å². The summed E-state index contributed by atoms with van der Waals surface area (Å²) in [6.45, 7) is 0.920. The molecule has 0 spiro atoms. The van der Waals surface area contributed by atoms with Gasteiger partial charge in [-0.25, -0.2) is 4.79 Å². The first kappa shape index (κ1) is 14.3. The van der Waals surface area contributed by atoms with Crippen molar-refractivity contribution < 1.29 is 19.1 Å². The van der Waals surface area contributed by atoms with Crippen LogP contribution in [-0.4, -0.2) is 39.2 Å². The molecular weight excluding hydrogens is 258 g/mol.